The van der Waals surface area contributed by atoms with E-state index in [-0.39, 0.29) is 6.42 Å². The van der Waals surface area contributed by atoms with Crippen molar-refractivity contribution in [2.24, 2.45) is 0 Å². The van der Waals surface area contributed by atoms with Gasteiger partial charge in [-0.05, 0) is 24.6 Å². The fourth-order valence-electron chi connectivity index (χ4n) is 3.58. The van der Waals surface area contributed by atoms with Crippen molar-refractivity contribution in [3.8, 4) is 5.75 Å². The van der Waals surface area contributed by atoms with Gasteiger partial charge in [0.2, 0.25) is 5.79 Å². The summed E-state index contributed by atoms with van der Waals surface area (Å²) in [5.41, 5.74) is 0.602. The van der Waals surface area contributed by atoms with E-state index >= 15 is 0 Å². The molecule has 0 radical (unpaired) electrons. The van der Waals surface area contributed by atoms with E-state index in [1.165, 1.54) is 13.0 Å². The molecule has 4 rings (SSSR count). The molecular weight excluding hydrogens is 388 g/mol. The van der Waals surface area contributed by atoms with Crippen LogP contribution in [0.2, 0.25) is 0 Å². The lowest BCUT2D eigenvalue weighted by atomic mass is 9.99. The standard InChI is InChI=1S/C19H22O10/c1-19(25,29-18-17(24)16(23)15(22)12(7-20)28-18)13-5-9-4-8-2-3-14(21)27-10(8)6-11(9)26-13/h2-4,6,12-13,15-18,20,22-25H,5,7H2,1H3. The minimum atomic E-state index is -1.96. The molecule has 0 saturated carbocycles. The van der Waals surface area contributed by atoms with Crippen molar-refractivity contribution >= 4 is 11.0 Å². The van der Waals surface area contributed by atoms with Crippen LogP contribution in [0.3, 0.4) is 0 Å². The summed E-state index contributed by atoms with van der Waals surface area (Å²) in [5, 5.41) is 50.6. The quantitative estimate of drug-likeness (QED) is 0.300. The molecular formula is C19H22O10. The number of benzene rings is 1. The monoisotopic (exact) mass is 410 g/mol. The molecule has 0 aliphatic carbocycles. The smallest absolute Gasteiger partial charge is 0.336 e. The van der Waals surface area contributed by atoms with Crippen molar-refractivity contribution < 1.29 is 44.2 Å². The Hall–Kier alpha value is -2.05. The van der Waals surface area contributed by atoms with Crippen LogP contribution in [-0.2, 0) is 15.9 Å². The van der Waals surface area contributed by atoms with E-state index in [4.69, 9.17) is 18.6 Å². The zero-order valence-electron chi connectivity index (χ0n) is 15.5. The van der Waals surface area contributed by atoms with E-state index in [2.05, 4.69) is 0 Å². The van der Waals surface area contributed by atoms with Gasteiger partial charge in [-0.3, -0.25) is 0 Å². The third-order valence-corrected chi connectivity index (χ3v) is 5.28. The Bertz CT molecular complexity index is 952. The SMILES string of the molecule is CC(O)(OC1OC(CO)C(O)C(O)C1O)C1Cc2cc3ccc(=O)oc3cc2O1. The largest absolute Gasteiger partial charge is 0.484 e. The zero-order valence-corrected chi connectivity index (χ0v) is 15.5. The predicted octanol–water partition coefficient (Wildman–Crippen LogP) is -1.38. The predicted molar refractivity (Wildman–Crippen MR) is 96.1 cm³/mol. The lowest BCUT2D eigenvalue weighted by Crippen LogP contribution is -2.61. The maximum Gasteiger partial charge on any atom is 0.336 e. The van der Waals surface area contributed by atoms with Crippen molar-refractivity contribution in [2.45, 2.75) is 55.9 Å². The molecule has 10 nitrogen and oxygen atoms in total. The third kappa shape index (κ3) is 3.64. The van der Waals surface area contributed by atoms with Crippen LogP contribution in [0.5, 0.6) is 5.75 Å². The lowest BCUT2D eigenvalue weighted by Gasteiger charge is -2.42. The number of rotatable bonds is 4. The van der Waals surface area contributed by atoms with E-state index in [9.17, 15) is 30.3 Å². The van der Waals surface area contributed by atoms with Gasteiger partial charge in [0.05, 0.1) is 6.61 Å². The summed E-state index contributed by atoms with van der Waals surface area (Å²) in [7, 11) is 0. The van der Waals surface area contributed by atoms with E-state index in [1.54, 1.807) is 18.2 Å². The van der Waals surface area contributed by atoms with Gasteiger partial charge in [0.1, 0.15) is 35.7 Å². The Morgan fingerprint density at radius 1 is 1.17 bits per heavy atom. The molecule has 5 N–H and O–H groups in total. The van der Waals surface area contributed by atoms with Crippen molar-refractivity contribution in [3.63, 3.8) is 0 Å². The number of aliphatic hydroxyl groups is 5. The highest BCUT2D eigenvalue weighted by Crippen LogP contribution is 2.37. The van der Waals surface area contributed by atoms with Crippen molar-refractivity contribution in [1.82, 2.24) is 0 Å². The highest BCUT2D eigenvalue weighted by atomic mass is 16.8. The molecule has 29 heavy (non-hydrogen) atoms. The summed E-state index contributed by atoms with van der Waals surface area (Å²) in [4.78, 5) is 11.4. The summed E-state index contributed by atoms with van der Waals surface area (Å²) in [6, 6.07) is 6.26. The fraction of sp³-hybridized carbons (Fsp3) is 0.526. The molecule has 2 aliphatic rings. The molecule has 0 spiro atoms. The molecule has 158 valence electrons. The van der Waals surface area contributed by atoms with Gasteiger partial charge >= 0.3 is 5.63 Å². The molecule has 7 unspecified atom stereocenters. The van der Waals surface area contributed by atoms with Crippen LogP contribution in [0.25, 0.3) is 11.0 Å². The average Bonchev–Trinajstić information content (AvgIpc) is 3.10. The van der Waals surface area contributed by atoms with Gasteiger partial charge in [0.15, 0.2) is 12.4 Å². The molecule has 1 fully saturated rings. The second-order valence-electron chi connectivity index (χ2n) is 7.43. The highest BCUT2D eigenvalue weighted by Gasteiger charge is 2.49. The first kappa shape index (κ1) is 20.2. The maximum atomic E-state index is 11.4. The van der Waals surface area contributed by atoms with Crippen molar-refractivity contribution in [3.05, 3.63) is 40.2 Å². The summed E-state index contributed by atoms with van der Waals surface area (Å²) in [6.07, 6.45) is -8.12. The Kier molecular flexibility index (Phi) is 5.11. The van der Waals surface area contributed by atoms with Gasteiger partial charge in [0, 0.05) is 23.9 Å². The fourth-order valence-corrected chi connectivity index (χ4v) is 3.58. The van der Waals surface area contributed by atoms with Crippen LogP contribution in [0.1, 0.15) is 12.5 Å². The molecule has 10 heteroatoms. The summed E-state index contributed by atoms with van der Waals surface area (Å²) < 4.78 is 21.7. The molecule has 0 amide bonds. The van der Waals surface area contributed by atoms with Crippen LogP contribution < -0.4 is 10.4 Å². The first-order valence-electron chi connectivity index (χ1n) is 9.14. The van der Waals surface area contributed by atoms with Crippen LogP contribution >= 0.6 is 0 Å². The first-order chi connectivity index (χ1) is 13.7. The average molecular weight is 410 g/mol. The van der Waals surface area contributed by atoms with Gasteiger partial charge in [-0.2, -0.15) is 0 Å². The van der Waals surface area contributed by atoms with Crippen molar-refractivity contribution in [1.29, 1.82) is 0 Å². The number of fused-ring (bicyclic) bond motifs is 2. The zero-order chi connectivity index (χ0) is 20.9. The van der Waals surface area contributed by atoms with Crippen LogP contribution in [-0.4, -0.2) is 74.7 Å². The van der Waals surface area contributed by atoms with Crippen molar-refractivity contribution in [2.75, 3.05) is 6.61 Å². The molecule has 7 atom stereocenters. The first-order valence-corrected chi connectivity index (χ1v) is 9.14. The van der Waals surface area contributed by atoms with Gasteiger partial charge in [-0.1, -0.05) is 0 Å². The van der Waals surface area contributed by atoms with Crippen LogP contribution in [0.4, 0.5) is 0 Å². The van der Waals surface area contributed by atoms with Gasteiger partial charge in [-0.25, -0.2) is 4.79 Å². The van der Waals surface area contributed by atoms with E-state index in [0.29, 0.717) is 16.7 Å². The summed E-state index contributed by atoms with van der Waals surface area (Å²) in [5.74, 6) is -1.55. The van der Waals surface area contributed by atoms with Gasteiger partial charge in [0.25, 0.3) is 0 Å². The number of ether oxygens (including phenoxy) is 3. The number of hydrogen-bond acceptors (Lipinski definition) is 10. The van der Waals surface area contributed by atoms with Crippen LogP contribution in [0.15, 0.2) is 33.5 Å². The minimum absolute atomic E-state index is 0.259. The number of hydrogen-bond donors (Lipinski definition) is 5. The van der Waals surface area contributed by atoms with E-state index in [1.807, 2.05) is 0 Å². The second kappa shape index (κ2) is 7.33. The maximum absolute atomic E-state index is 11.4. The molecule has 2 aromatic rings. The Labute approximate surface area is 164 Å². The topological polar surface area (TPSA) is 159 Å². The van der Waals surface area contributed by atoms with Crippen LogP contribution in [0, 0.1) is 0 Å². The van der Waals surface area contributed by atoms with E-state index < -0.39 is 54.8 Å². The molecule has 2 aliphatic heterocycles. The summed E-state index contributed by atoms with van der Waals surface area (Å²) in [6.45, 7) is 0.695. The van der Waals surface area contributed by atoms with Gasteiger partial charge < -0.3 is 44.2 Å². The molecule has 1 aromatic carbocycles. The van der Waals surface area contributed by atoms with E-state index in [0.717, 1.165) is 5.56 Å². The second-order valence-corrected chi connectivity index (χ2v) is 7.43. The highest BCUT2D eigenvalue weighted by molar-refractivity contribution is 5.79. The Balaban J connectivity index is 1.53. The van der Waals surface area contributed by atoms with Gasteiger partial charge in [-0.15, -0.1) is 0 Å². The molecule has 1 aromatic heterocycles. The molecule has 1 saturated heterocycles. The third-order valence-electron chi connectivity index (χ3n) is 5.28. The lowest BCUT2D eigenvalue weighted by molar-refractivity contribution is -0.369. The minimum Gasteiger partial charge on any atom is -0.484 e. The normalized spacial score (nSPS) is 33.9. The molecule has 0 bridgehead atoms. The Morgan fingerprint density at radius 3 is 2.66 bits per heavy atom. The number of aliphatic hydroxyl groups excluding tert-OH is 4. The Morgan fingerprint density at radius 2 is 1.93 bits per heavy atom. The summed E-state index contributed by atoms with van der Waals surface area (Å²) >= 11 is 0. The molecule has 3 heterocycles.